The molecule has 0 amide bonds. The smallest absolute Gasteiger partial charge is 0.202 e. The van der Waals surface area contributed by atoms with Crippen LogP contribution >= 0.6 is 0 Å². The lowest BCUT2D eigenvalue weighted by Gasteiger charge is -2.06. The molecule has 0 bridgehead atoms. The third-order valence-electron chi connectivity index (χ3n) is 3.15. The van der Waals surface area contributed by atoms with Crippen molar-refractivity contribution in [2.45, 2.75) is 32.7 Å². The van der Waals surface area contributed by atoms with Crippen LogP contribution in [0.1, 0.15) is 25.0 Å². The minimum atomic E-state index is 0.577. The molecule has 6 nitrogen and oxygen atoms in total. The van der Waals surface area contributed by atoms with Gasteiger partial charge < -0.3 is 10.5 Å². The average Bonchev–Trinajstić information content (AvgIpc) is 2.79. The second kappa shape index (κ2) is 5.39. The highest BCUT2D eigenvalue weighted by atomic mass is 16.5. The Morgan fingerprint density at radius 2 is 2.06 bits per heavy atom. The first-order valence-corrected chi connectivity index (χ1v) is 6.29. The number of rotatable bonds is 6. The van der Waals surface area contributed by atoms with Crippen LogP contribution in [0.15, 0.2) is 0 Å². The van der Waals surface area contributed by atoms with Crippen molar-refractivity contribution >= 4 is 17.1 Å². The number of ether oxygens (including phenoxy) is 1. The molecule has 0 unspecified atom stereocenters. The van der Waals surface area contributed by atoms with E-state index in [2.05, 4.69) is 10.1 Å². The molecule has 0 radical (unpaired) electrons. The predicted molar refractivity (Wildman–Crippen MR) is 71.4 cm³/mol. The summed E-state index contributed by atoms with van der Waals surface area (Å²) < 4.78 is 8.93. The minimum Gasteiger partial charge on any atom is -0.385 e. The molecule has 0 aliphatic carbocycles. The molecule has 0 aromatic carbocycles. The van der Waals surface area contributed by atoms with E-state index < -0.39 is 0 Å². The Morgan fingerprint density at radius 3 is 2.78 bits per heavy atom. The van der Waals surface area contributed by atoms with E-state index in [4.69, 9.17) is 10.5 Å². The third kappa shape index (κ3) is 2.33. The summed E-state index contributed by atoms with van der Waals surface area (Å²) in [6.07, 6.45) is 3.28. The number of methoxy groups -OCH3 is 1. The molecule has 2 aromatic rings. The largest absolute Gasteiger partial charge is 0.385 e. The van der Waals surface area contributed by atoms with Crippen molar-refractivity contribution in [3.05, 3.63) is 5.69 Å². The lowest BCUT2D eigenvalue weighted by atomic mass is 10.2. The number of nitrogens with two attached hydrogens (primary N) is 1. The van der Waals surface area contributed by atoms with Crippen molar-refractivity contribution in [3.63, 3.8) is 0 Å². The molecule has 2 aromatic heterocycles. The second-order valence-electron chi connectivity index (χ2n) is 4.56. The summed E-state index contributed by atoms with van der Waals surface area (Å²) in [6.45, 7) is 3.66. The summed E-state index contributed by atoms with van der Waals surface area (Å²) in [5, 5.41) is 4.37. The zero-order chi connectivity index (χ0) is 13.1. The van der Waals surface area contributed by atoms with Crippen LogP contribution in [0, 0.1) is 6.92 Å². The first-order valence-electron chi connectivity index (χ1n) is 6.29. The lowest BCUT2D eigenvalue weighted by Crippen LogP contribution is -2.07. The molecule has 0 fully saturated rings. The number of hydrogen-bond acceptors (Lipinski definition) is 4. The van der Waals surface area contributed by atoms with Gasteiger partial charge in [-0.3, -0.25) is 9.25 Å². The van der Waals surface area contributed by atoms with E-state index in [1.165, 1.54) is 0 Å². The Morgan fingerprint density at radius 1 is 1.28 bits per heavy atom. The van der Waals surface area contributed by atoms with Gasteiger partial charge in [-0.1, -0.05) is 0 Å². The van der Waals surface area contributed by atoms with E-state index in [0.29, 0.717) is 5.95 Å². The molecule has 2 heterocycles. The van der Waals surface area contributed by atoms with Crippen LogP contribution in [0.25, 0.3) is 11.2 Å². The average molecular weight is 251 g/mol. The molecule has 0 saturated heterocycles. The molecular weight excluding hydrogens is 230 g/mol. The van der Waals surface area contributed by atoms with Crippen LogP contribution in [0.3, 0.4) is 0 Å². The molecule has 18 heavy (non-hydrogen) atoms. The Hall–Kier alpha value is -1.56. The highest BCUT2D eigenvalue weighted by Gasteiger charge is 2.14. The number of fused-ring (bicyclic) bond motifs is 1. The molecule has 100 valence electrons. The quantitative estimate of drug-likeness (QED) is 0.789. The maximum Gasteiger partial charge on any atom is 0.202 e. The number of aryl methyl sites for hydroxylation is 3. The van der Waals surface area contributed by atoms with Crippen LogP contribution < -0.4 is 5.73 Å². The molecule has 6 heteroatoms. The van der Waals surface area contributed by atoms with E-state index in [-0.39, 0.29) is 0 Å². The predicted octanol–water partition coefficient (Wildman–Crippen LogP) is 1.48. The van der Waals surface area contributed by atoms with E-state index in [0.717, 1.165) is 49.3 Å². The maximum absolute atomic E-state index is 5.96. The van der Waals surface area contributed by atoms with Crippen molar-refractivity contribution in [1.82, 2.24) is 19.3 Å². The Balaban J connectivity index is 2.10. The highest BCUT2D eigenvalue weighted by Crippen LogP contribution is 2.20. The highest BCUT2D eigenvalue weighted by molar-refractivity contribution is 5.77. The van der Waals surface area contributed by atoms with E-state index >= 15 is 0 Å². The maximum atomic E-state index is 5.96. The van der Waals surface area contributed by atoms with Gasteiger partial charge in [-0.15, -0.1) is 0 Å². The van der Waals surface area contributed by atoms with E-state index in [1.54, 1.807) is 7.11 Å². The number of anilines is 1. The summed E-state index contributed by atoms with van der Waals surface area (Å²) in [5.74, 6) is 0.577. The van der Waals surface area contributed by atoms with Gasteiger partial charge in [0.2, 0.25) is 5.95 Å². The Labute approximate surface area is 107 Å². The van der Waals surface area contributed by atoms with Gasteiger partial charge in [0.25, 0.3) is 0 Å². The number of imidazole rings is 1. The standard InChI is InChI=1S/C12H21N5O/c1-9-10-11(16(2)15-9)17(12(13)14-10)7-5-4-6-8-18-3/h4-8H2,1-3H3,(H2,13,14). The molecule has 2 rings (SSSR count). The molecular formula is C12H21N5O. The van der Waals surface area contributed by atoms with Gasteiger partial charge in [0.1, 0.15) is 5.52 Å². The summed E-state index contributed by atoms with van der Waals surface area (Å²) in [4.78, 5) is 4.38. The second-order valence-corrected chi connectivity index (χ2v) is 4.56. The van der Waals surface area contributed by atoms with E-state index in [1.807, 2.05) is 23.2 Å². The number of unbranched alkanes of at least 4 members (excludes halogenated alkanes) is 2. The van der Waals surface area contributed by atoms with Crippen LogP contribution in [0.2, 0.25) is 0 Å². The first-order chi connectivity index (χ1) is 8.65. The molecule has 0 saturated carbocycles. The van der Waals surface area contributed by atoms with Crippen molar-refractivity contribution in [2.75, 3.05) is 19.5 Å². The fraction of sp³-hybridized carbons (Fsp3) is 0.667. The monoisotopic (exact) mass is 251 g/mol. The molecule has 0 atom stereocenters. The minimum absolute atomic E-state index is 0.577. The number of nitrogens with zero attached hydrogens (tertiary/aromatic N) is 4. The number of aromatic nitrogens is 4. The first kappa shape index (κ1) is 12.9. The zero-order valence-electron chi connectivity index (χ0n) is 11.3. The van der Waals surface area contributed by atoms with Crippen LogP contribution in [-0.2, 0) is 18.3 Å². The number of nitrogen functional groups attached to an aromatic ring is 1. The van der Waals surface area contributed by atoms with Gasteiger partial charge in [-0.2, -0.15) is 5.10 Å². The number of hydrogen-bond donors (Lipinski definition) is 1. The molecule has 2 N–H and O–H groups in total. The fourth-order valence-corrected chi connectivity index (χ4v) is 2.27. The van der Waals surface area contributed by atoms with Crippen molar-refractivity contribution < 1.29 is 4.74 Å². The summed E-state index contributed by atoms with van der Waals surface area (Å²) in [6, 6.07) is 0. The fourth-order valence-electron chi connectivity index (χ4n) is 2.27. The van der Waals surface area contributed by atoms with Gasteiger partial charge in [-0.05, 0) is 26.2 Å². The molecule has 0 aliphatic rings. The summed E-state index contributed by atoms with van der Waals surface area (Å²) in [7, 11) is 3.66. The van der Waals surface area contributed by atoms with Crippen LogP contribution in [0.4, 0.5) is 5.95 Å². The Bertz CT molecular complexity index is 528. The lowest BCUT2D eigenvalue weighted by molar-refractivity contribution is 0.191. The van der Waals surface area contributed by atoms with Crippen molar-refractivity contribution in [2.24, 2.45) is 7.05 Å². The zero-order valence-corrected chi connectivity index (χ0v) is 11.3. The van der Waals surface area contributed by atoms with Gasteiger partial charge in [-0.25, -0.2) is 4.98 Å². The normalized spacial score (nSPS) is 11.5. The van der Waals surface area contributed by atoms with Gasteiger partial charge in [0.05, 0.1) is 5.69 Å². The van der Waals surface area contributed by atoms with Crippen molar-refractivity contribution in [1.29, 1.82) is 0 Å². The third-order valence-corrected chi connectivity index (χ3v) is 3.15. The van der Waals surface area contributed by atoms with Gasteiger partial charge in [0.15, 0.2) is 5.65 Å². The molecule has 0 aliphatic heterocycles. The van der Waals surface area contributed by atoms with Crippen LogP contribution in [0.5, 0.6) is 0 Å². The SMILES string of the molecule is COCCCCCn1c(N)nc2c(C)nn(C)c21. The Kier molecular flexibility index (Phi) is 3.86. The summed E-state index contributed by atoms with van der Waals surface area (Å²) in [5.41, 5.74) is 8.81. The van der Waals surface area contributed by atoms with Gasteiger partial charge in [0, 0.05) is 27.3 Å². The van der Waals surface area contributed by atoms with Crippen LogP contribution in [-0.4, -0.2) is 33.0 Å². The molecule has 0 spiro atoms. The van der Waals surface area contributed by atoms with Gasteiger partial charge >= 0.3 is 0 Å². The topological polar surface area (TPSA) is 70.9 Å². The van der Waals surface area contributed by atoms with E-state index in [9.17, 15) is 0 Å². The summed E-state index contributed by atoms with van der Waals surface area (Å²) >= 11 is 0. The van der Waals surface area contributed by atoms with Crippen molar-refractivity contribution in [3.8, 4) is 0 Å².